The molecule has 0 fully saturated rings. The fraction of sp³-hybridized carbons (Fsp3) is 0.150. The van der Waals surface area contributed by atoms with Gasteiger partial charge in [0.25, 0.3) is 0 Å². The molecule has 26 heavy (non-hydrogen) atoms. The molecule has 1 aromatic heterocycles. The monoisotopic (exact) mass is 364 g/mol. The minimum absolute atomic E-state index is 0.142. The number of thiophene rings is 1. The Hall–Kier alpha value is -3.17. The highest BCUT2D eigenvalue weighted by molar-refractivity contribution is 7.23. The summed E-state index contributed by atoms with van der Waals surface area (Å²) in [5, 5.41) is 11.0. The molecule has 0 saturated heterocycles. The highest BCUT2D eigenvalue weighted by Crippen LogP contribution is 2.40. The summed E-state index contributed by atoms with van der Waals surface area (Å²) in [6, 6.07) is 16.9. The Morgan fingerprint density at radius 2 is 1.88 bits per heavy atom. The van der Waals surface area contributed by atoms with Crippen LogP contribution in [0.5, 0.6) is 5.75 Å². The molecule has 0 aliphatic rings. The molecular weight excluding hydrogens is 348 g/mol. The lowest BCUT2D eigenvalue weighted by atomic mass is 10.1. The van der Waals surface area contributed by atoms with Crippen molar-refractivity contribution >= 4 is 38.3 Å². The zero-order valence-corrected chi connectivity index (χ0v) is 15.2. The van der Waals surface area contributed by atoms with Crippen LogP contribution >= 0.6 is 11.3 Å². The molecule has 130 valence electrons. The molecule has 0 aliphatic heterocycles. The number of hydrogen-bond acceptors (Lipinski definition) is 5. The predicted molar refractivity (Wildman–Crippen MR) is 101 cm³/mol. The lowest BCUT2D eigenvalue weighted by Crippen LogP contribution is -2.27. The third-order valence-corrected chi connectivity index (χ3v) is 5.00. The van der Waals surface area contributed by atoms with Crippen molar-refractivity contribution in [3.05, 3.63) is 59.7 Å². The van der Waals surface area contributed by atoms with Gasteiger partial charge in [0.05, 0.1) is 12.1 Å². The molecule has 6 heteroatoms. The van der Waals surface area contributed by atoms with E-state index in [1.807, 2.05) is 30.3 Å². The fourth-order valence-electron chi connectivity index (χ4n) is 2.68. The summed E-state index contributed by atoms with van der Waals surface area (Å²) < 4.78 is 5.90. The summed E-state index contributed by atoms with van der Waals surface area (Å²) in [7, 11) is 0. The van der Waals surface area contributed by atoms with E-state index in [9.17, 15) is 14.9 Å². The standard InChI is InChI=1S/C20H16N2O3S/c1-13(23)22(12-15-6-4-3-5-7-15)20-18(11-21)17-9-8-16(25-14(2)24)10-19(17)26-20/h3-10H,12H2,1-2H3. The highest BCUT2D eigenvalue weighted by atomic mass is 32.1. The van der Waals surface area contributed by atoms with Gasteiger partial charge in [-0.3, -0.25) is 14.5 Å². The van der Waals surface area contributed by atoms with Crippen LogP contribution in [0.3, 0.4) is 0 Å². The molecule has 2 aromatic carbocycles. The predicted octanol–water partition coefficient (Wildman–Crippen LogP) is 4.25. The molecule has 0 aliphatic carbocycles. The van der Waals surface area contributed by atoms with E-state index in [4.69, 9.17) is 4.74 Å². The Labute approximate surface area is 155 Å². The van der Waals surface area contributed by atoms with Crippen LogP contribution in [0.15, 0.2) is 48.5 Å². The van der Waals surface area contributed by atoms with Gasteiger partial charge in [0.2, 0.25) is 5.91 Å². The highest BCUT2D eigenvalue weighted by Gasteiger charge is 2.21. The molecule has 0 atom stereocenters. The van der Waals surface area contributed by atoms with Gasteiger partial charge in [0.15, 0.2) is 0 Å². The van der Waals surface area contributed by atoms with Gasteiger partial charge in [-0.1, -0.05) is 30.3 Å². The smallest absolute Gasteiger partial charge is 0.308 e. The lowest BCUT2D eigenvalue weighted by Gasteiger charge is -2.19. The van der Waals surface area contributed by atoms with Crippen LogP contribution in [0.4, 0.5) is 5.00 Å². The maximum Gasteiger partial charge on any atom is 0.308 e. The Kier molecular flexibility index (Phi) is 5.01. The van der Waals surface area contributed by atoms with Gasteiger partial charge in [-0.25, -0.2) is 0 Å². The first-order valence-electron chi connectivity index (χ1n) is 7.96. The number of esters is 1. The minimum Gasteiger partial charge on any atom is -0.427 e. The number of benzene rings is 2. The third-order valence-electron chi connectivity index (χ3n) is 3.83. The fourth-order valence-corrected chi connectivity index (χ4v) is 3.91. The summed E-state index contributed by atoms with van der Waals surface area (Å²) in [6.45, 7) is 3.20. The Morgan fingerprint density at radius 3 is 2.50 bits per heavy atom. The second-order valence-corrected chi connectivity index (χ2v) is 6.77. The number of nitriles is 1. The molecule has 0 N–H and O–H groups in total. The number of carbonyl (C=O) groups is 2. The van der Waals surface area contributed by atoms with Gasteiger partial charge < -0.3 is 4.74 Å². The SMILES string of the molecule is CC(=O)Oc1ccc2c(C#N)c(N(Cc3ccccc3)C(C)=O)sc2c1. The number of carbonyl (C=O) groups excluding carboxylic acids is 2. The maximum atomic E-state index is 12.3. The van der Waals surface area contributed by atoms with Gasteiger partial charge in [-0.05, 0) is 23.8 Å². The van der Waals surface area contributed by atoms with E-state index < -0.39 is 5.97 Å². The van der Waals surface area contributed by atoms with Crippen molar-refractivity contribution in [1.29, 1.82) is 5.26 Å². The van der Waals surface area contributed by atoms with Crippen molar-refractivity contribution in [2.45, 2.75) is 20.4 Å². The first kappa shape index (κ1) is 17.6. The van der Waals surface area contributed by atoms with Crippen molar-refractivity contribution in [3.63, 3.8) is 0 Å². The van der Waals surface area contributed by atoms with Gasteiger partial charge in [-0.2, -0.15) is 5.26 Å². The summed E-state index contributed by atoms with van der Waals surface area (Å²) >= 11 is 1.34. The van der Waals surface area contributed by atoms with Crippen molar-refractivity contribution in [3.8, 4) is 11.8 Å². The second-order valence-electron chi connectivity index (χ2n) is 5.74. The molecule has 3 rings (SSSR count). The number of amides is 1. The molecule has 0 unspecified atom stereocenters. The molecule has 3 aromatic rings. The zero-order valence-electron chi connectivity index (χ0n) is 14.4. The van der Waals surface area contributed by atoms with Crippen LogP contribution in [-0.4, -0.2) is 11.9 Å². The Bertz CT molecular complexity index is 1020. The van der Waals surface area contributed by atoms with E-state index in [0.29, 0.717) is 22.9 Å². The van der Waals surface area contributed by atoms with E-state index in [1.54, 1.807) is 23.1 Å². The summed E-state index contributed by atoms with van der Waals surface area (Å²) in [5.74, 6) is -0.132. The quantitative estimate of drug-likeness (QED) is 0.512. The summed E-state index contributed by atoms with van der Waals surface area (Å²) in [5.41, 5.74) is 1.43. The Morgan fingerprint density at radius 1 is 1.15 bits per heavy atom. The van der Waals surface area contributed by atoms with Crippen LogP contribution < -0.4 is 9.64 Å². The van der Waals surface area contributed by atoms with Crippen molar-refractivity contribution in [2.24, 2.45) is 0 Å². The van der Waals surface area contributed by atoms with Crippen LogP contribution in [0.1, 0.15) is 25.0 Å². The summed E-state index contributed by atoms with van der Waals surface area (Å²) in [4.78, 5) is 25.0. The van der Waals surface area contributed by atoms with Gasteiger partial charge >= 0.3 is 5.97 Å². The van der Waals surface area contributed by atoms with Crippen LogP contribution in [0.25, 0.3) is 10.1 Å². The van der Waals surface area contributed by atoms with Crippen LogP contribution in [0, 0.1) is 11.3 Å². The molecule has 0 bridgehead atoms. The maximum absolute atomic E-state index is 12.3. The van der Waals surface area contributed by atoms with E-state index in [2.05, 4.69) is 6.07 Å². The Balaban J connectivity index is 2.07. The van der Waals surface area contributed by atoms with E-state index >= 15 is 0 Å². The average Bonchev–Trinajstić information content (AvgIpc) is 2.97. The van der Waals surface area contributed by atoms with Crippen molar-refractivity contribution < 1.29 is 14.3 Å². The summed E-state index contributed by atoms with van der Waals surface area (Å²) in [6.07, 6.45) is 0. The van der Waals surface area contributed by atoms with Crippen LogP contribution in [-0.2, 0) is 16.1 Å². The first-order valence-corrected chi connectivity index (χ1v) is 8.78. The largest absolute Gasteiger partial charge is 0.427 e. The van der Waals surface area contributed by atoms with Crippen molar-refractivity contribution in [2.75, 3.05) is 4.90 Å². The van der Waals surface area contributed by atoms with Gasteiger partial charge in [0.1, 0.15) is 16.8 Å². The number of rotatable bonds is 4. The number of hydrogen-bond donors (Lipinski definition) is 0. The molecule has 0 spiro atoms. The number of ether oxygens (including phenoxy) is 1. The molecule has 0 radical (unpaired) electrons. The zero-order chi connectivity index (χ0) is 18.7. The molecule has 5 nitrogen and oxygen atoms in total. The first-order chi connectivity index (χ1) is 12.5. The van der Waals surface area contributed by atoms with Gasteiger partial charge in [0, 0.05) is 23.9 Å². The topological polar surface area (TPSA) is 70.4 Å². The van der Waals surface area contributed by atoms with Crippen LogP contribution in [0.2, 0.25) is 0 Å². The normalized spacial score (nSPS) is 10.3. The van der Waals surface area contributed by atoms with E-state index in [-0.39, 0.29) is 5.91 Å². The average molecular weight is 364 g/mol. The third kappa shape index (κ3) is 3.58. The molecule has 1 amide bonds. The number of nitrogens with zero attached hydrogens (tertiary/aromatic N) is 2. The molecular formula is C20H16N2O3S. The lowest BCUT2D eigenvalue weighted by molar-refractivity contribution is -0.131. The molecule has 1 heterocycles. The van der Waals surface area contributed by atoms with E-state index in [1.165, 1.54) is 25.2 Å². The molecule has 0 saturated carbocycles. The van der Waals surface area contributed by atoms with Crippen molar-refractivity contribution in [1.82, 2.24) is 0 Å². The van der Waals surface area contributed by atoms with Gasteiger partial charge in [-0.15, -0.1) is 11.3 Å². The number of anilines is 1. The minimum atomic E-state index is -0.406. The number of fused-ring (bicyclic) bond motifs is 1. The second kappa shape index (κ2) is 7.38. The van der Waals surface area contributed by atoms with E-state index in [0.717, 1.165) is 15.6 Å².